The zero-order chi connectivity index (χ0) is 17.4. The van der Waals surface area contributed by atoms with Gasteiger partial charge in [0.25, 0.3) is 5.56 Å². The van der Waals surface area contributed by atoms with E-state index in [0.29, 0.717) is 5.56 Å². The van der Waals surface area contributed by atoms with Gasteiger partial charge in [0.05, 0.1) is 17.0 Å². The Morgan fingerprint density at radius 3 is 2.40 bits per heavy atom. The maximum atomic E-state index is 12.4. The molecule has 0 unspecified atom stereocenters. The summed E-state index contributed by atoms with van der Waals surface area (Å²) in [7, 11) is 0. The van der Waals surface area contributed by atoms with Crippen LogP contribution in [0.1, 0.15) is 18.1 Å². The predicted octanol–water partition coefficient (Wildman–Crippen LogP) is 5.08. The number of aromatic amines is 1. The first kappa shape index (κ1) is 15.3. The highest BCUT2D eigenvalue weighted by Crippen LogP contribution is 2.28. The highest BCUT2D eigenvalue weighted by Gasteiger charge is 2.16. The van der Waals surface area contributed by atoms with Gasteiger partial charge in [0.2, 0.25) is 0 Å². The van der Waals surface area contributed by atoms with Gasteiger partial charge in [-0.1, -0.05) is 48.5 Å². The summed E-state index contributed by atoms with van der Waals surface area (Å²) in [5.74, 6) is 0. The topological polar surface area (TPSA) is 45.2 Å². The average molecular weight is 326 g/mol. The normalized spacial score (nSPS) is 12.0. The molecule has 2 aromatic carbocycles. The molecule has 1 aliphatic carbocycles. The van der Waals surface area contributed by atoms with Crippen molar-refractivity contribution < 1.29 is 0 Å². The van der Waals surface area contributed by atoms with Gasteiger partial charge in [-0.15, -0.1) is 0 Å². The largest absolute Gasteiger partial charge is 0.321 e. The molecule has 2 aliphatic rings. The monoisotopic (exact) mass is 326 g/mol. The van der Waals surface area contributed by atoms with Gasteiger partial charge in [-0.3, -0.25) is 9.79 Å². The minimum Gasteiger partial charge on any atom is -0.321 e. The molecule has 3 nitrogen and oxygen atoms in total. The fourth-order valence-corrected chi connectivity index (χ4v) is 3.24. The molecule has 1 heterocycles. The number of hydrogen-bond acceptors (Lipinski definition) is 2. The molecule has 122 valence electrons. The lowest BCUT2D eigenvalue weighted by Gasteiger charge is -2.06. The first-order valence-corrected chi connectivity index (χ1v) is 8.29. The van der Waals surface area contributed by atoms with Gasteiger partial charge in [-0.05, 0) is 48.4 Å². The number of nitrogens with zero attached hydrogens (tertiary/aromatic N) is 1. The van der Waals surface area contributed by atoms with Crippen LogP contribution in [0.4, 0.5) is 5.69 Å². The van der Waals surface area contributed by atoms with Crippen LogP contribution in [0, 0.1) is 6.92 Å². The summed E-state index contributed by atoms with van der Waals surface area (Å²) in [6.07, 6.45) is 0. The van der Waals surface area contributed by atoms with E-state index in [2.05, 4.69) is 29.2 Å². The van der Waals surface area contributed by atoms with Crippen LogP contribution >= 0.6 is 0 Å². The van der Waals surface area contributed by atoms with E-state index in [9.17, 15) is 4.79 Å². The van der Waals surface area contributed by atoms with E-state index < -0.39 is 0 Å². The second-order valence-electron chi connectivity index (χ2n) is 6.25. The van der Waals surface area contributed by atoms with Crippen molar-refractivity contribution in [3.63, 3.8) is 0 Å². The number of nitrogens with one attached hydrogen (secondary N) is 1. The third kappa shape index (κ3) is 2.74. The van der Waals surface area contributed by atoms with Crippen molar-refractivity contribution in [2.75, 3.05) is 0 Å². The standard InChI is InChI=1S/C22H18N2O/c1-14-12-16-8-6-7-9-17(16)13-20(14)23-15(2)21-18-10-4-3-5-11-19(18)24-22(21)25/h3-13H,1-2H3,(H,24,25). The maximum absolute atomic E-state index is 12.4. The molecule has 4 rings (SSSR count). The molecule has 0 fully saturated rings. The van der Waals surface area contributed by atoms with Crippen molar-refractivity contribution in [1.29, 1.82) is 0 Å². The van der Waals surface area contributed by atoms with Crippen LogP contribution in [0.3, 0.4) is 0 Å². The maximum Gasteiger partial charge on any atom is 0.258 e. The lowest BCUT2D eigenvalue weighted by Crippen LogP contribution is -2.10. The Morgan fingerprint density at radius 2 is 1.60 bits per heavy atom. The van der Waals surface area contributed by atoms with Gasteiger partial charge < -0.3 is 4.98 Å². The molecule has 1 aliphatic heterocycles. The summed E-state index contributed by atoms with van der Waals surface area (Å²) >= 11 is 0. The highest BCUT2D eigenvalue weighted by atomic mass is 16.1. The minimum atomic E-state index is -0.0964. The fourth-order valence-electron chi connectivity index (χ4n) is 3.24. The van der Waals surface area contributed by atoms with Crippen LogP contribution in [-0.2, 0) is 0 Å². The number of H-pyrrole nitrogens is 1. The average Bonchev–Trinajstić information content (AvgIpc) is 2.75. The van der Waals surface area contributed by atoms with Crippen LogP contribution in [0.25, 0.3) is 22.0 Å². The third-order valence-electron chi connectivity index (χ3n) is 4.50. The van der Waals surface area contributed by atoms with Crippen molar-refractivity contribution in [3.8, 4) is 11.3 Å². The van der Waals surface area contributed by atoms with E-state index in [4.69, 9.17) is 4.99 Å². The Balaban J connectivity index is 1.88. The SMILES string of the molecule is CC(=Nc1cc2ccccc2cc1C)c1c2cccccc-2[nH]c1=O. The minimum absolute atomic E-state index is 0.0964. The molecular weight excluding hydrogens is 308 g/mol. The molecule has 0 saturated heterocycles. The molecular formula is C22H18N2O. The number of aromatic nitrogens is 1. The van der Waals surface area contributed by atoms with Crippen LogP contribution in [-0.4, -0.2) is 10.7 Å². The van der Waals surface area contributed by atoms with Crippen molar-refractivity contribution in [3.05, 3.63) is 88.2 Å². The third-order valence-corrected chi connectivity index (χ3v) is 4.50. The second-order valence-corrected chi connectivity index (χ2v) is 6.25. The molecule has 3 heteroatoms. The number of aryl methyl sites for hydroxylation is 1. The smallest absolute Gasteiger partial charge is 0.258 e. The van der Waals surface area contributed by atoms with E-state index in [0.717, 1.165) is 33.6 Å². The lowest BCUT2D eigenvalue weighted by atomic mass is 10.0. The molecule has 0 atom stereocenters. The van der Waals surface area contributed by atoms with Crippen molar-refractivity contribution in [1.82, 2.24) is 4.98 Å². The van der Waals surface area contributed by atoms with E-state index in [1.807, 2.05) is 56.3 Å². The first-order chi connectivity index (χ1) is 12.1. The van der Waals surface area contributed by atoms with Gasteiger partial charge in [0.15, 0.2) is 0 Å². The molecule has 0 aromatic heterocycles. The first-order valence-electron chi connectivity index (χ1n) is 8.29. The van der Waals surface area contributed by atoms with Crippen LogP contribution in [0.15, 0.2) is 76.5 Å². The molecule has 0 saturated carbocycles. The zero-order valence-electron chi connectivity index (χ0n) is 14.2. The summed E-state index contributed by atoms with van der Waals surface area (Å²) in [6.45, 7) is 3.94. The van der Waals surface area contributed by atoms with Gasteiger partial charge in [0.1, 0.15) is 0 Å². The van der Waals surface area contributed by atoms with Crippen LogP contribution in [0.2, 0.25) is 0 Å². The summed E-state index contributed by atoms with van der Waals surface area (Å²) in [6, 6.07) is 22.1. The Morgan fingerprint density at radius 1 is 0.920 bits per heavy atom. The second kappa shape index (κ2) is 6.02. The molecule has 0 radical (unpaired) electrons. The fraction of sp³-hybridized carbons (Fsp3) is 0.0909. The Bertz CT molecular complexity index is 1140. The number of fused-ring (bicyclic) bond motifs is 2. The molecule has 25 heavy (non-hydrogen) atoms. The summed E-state index contributed by atoms with van der Waals surface area (Å²) in [4.78, 5) is 20.1. The number of rotatable bonds is 2. The predicted molar refractivity (Wildman–Crippen MR) is 104 cm³/mol. The zero-order valence-corrected chi connectivity index (χ0v) is 14.2. The number of aliphatic imine (C=N–C) groups is 1. The lowest BCUT2D eigenvalue weighted by molar-refractivity contribution is 1.31. The van der Waals surface area contributed by atoms with Crippen LogP contribution < -0.4 is 5.56 Å². The highest BCUT2D eigenvalue weighted by molar-refractivity contribution is 6.06. The van der Waals surface area contributed by atoms with E-state index in [1.54, 1.807) is 0 Å². The number of hydrogen-bond donors (Lipinski definition) is 1. The van der Waals surface area contributed by atoms with Gasteiger partial charge in [-0.25, -0.2) is 0 Å². The molecule has 0 amide bonds. The molecule has 2 aromatic rings. The van der Waals surface area contributed by atoms with Crippen molar-refractivity contribution in [2.24, 2.45) is 4.99 Å². The Kier molecular flexibility index (Phi) is 3.69. The van der Waals surface area contributed by atoms with Gasteiger partial charge in [-0.2, -0.15) is 0 Å². The Labute approximate surface area is 146 Å². The van der Waals surface area contributed by atoms with Crippen molar-refractivity contribution in [2.45, 2.75) is 13.8 Å². The molecule has 0 bridgehead atoms. The van der Waals surface area contributed by atoms with E-state index in [1.165, 1.54) is 5.39 Å². The quantitative estimate of drug-likeness (QED) is 0.513. The van der Waals surface area contributed by atoms with Gasteiger partial charge in [0, 0.05) is 11.3 Å². The summed E-state index contributed by atoms with van der Waals surface area (Å²) < 4.78 is 0. The summed E-state index contributed by atoms with van der Waals surface area (Å²) in [5.41, 5.74) is 4.98. The van der Waals surface area contributed by atoms with E-state index >= 15 is 0 Å². The number of benzene rings is 2. The van der Waals surface area contributed by atoms with Gasteiger partial charge >= 0.3 is 0 Å². The summed E-state index contributed by atoms with van der Waals surface area (Å²) in [5, 5.41) is 2.34. The Hall–Kier alpha value is -3.20. The molecule has 0 spiro atoms. The van der Waals surface area contributed by atoms with E-state index in [-0.39, 0.29) is 5.56 Å². The van der Waals surface area contributed by atoms with Crippen molar-refractivity contribution >= 4 is 22.2 Å². The van der Waals surface area contributed by atoms with Crippen LogP contribution in [0.5, 0.6) is 0 Å². The molecule has 1 N–H and O–H groups in total.